The predicted molar refractivity (Wildman–Crippen MR) is 372 cm³/mol. The maximum atomic E-state index is 10.6. The van der Waals surface area contributed by atoms with Gasteiger partial charge in [0.2, 0.25) is 0 Å². The second kappa shape index (κ2) is 34.8. The summed E-state index contributed by atoms with van der Waals surface area (Å²) in [6, 6.07) is 37.7. The maximum absolute atomic E-state index is 10.6. The standard InChI is InChI=1S/C16H23BO3.C12H14O.C11H12O2.C10H11BrO.C10H12O.C10H10O.C8H8O2/c1-11-9-14-12(7-6-8-18-14)10-13(11)17-19-15(2,3)16(4,5)20-17;1-4-8-13-12-9-10(3)6-7-11(12)5-2;1-3-6-13-11-7-9(2)4-5-10(11)8-12;1-7-5-10-8(6-9(7)11)3-2-4-12-10;2*1-8-4-5-9-3-2-6-11-10(9)7-8;1-6-2-3-7(5-9)8(10)4-6/h9-10H,6-8H2,1-5H3;4-7,9H,1-2,8H2,3H3;3-5,7-8H,1,6H2,2H3;5-6H,2-4H2,1H3;4-5,7H,2-3,6H2,1H3;2-5,7H,6H2,1H3;2-5,10H,1H3. The monoisotopic (exact) mass is 1280 g/mol. The van der Waals surface area contributed by atoms with Crippen molar-refractivity contribution in [3.63, 3.8) is 0 Å². The molecule has 0 bridgehead atoms. The summed E-state index contributed by atoms with van der Waals surface area (Å²) in [4.78, 5) is 20.8. The fourth-order valence-corrected chi connectivity index (χ4v) is 10.1. The first-order chi connectivity index (χ1) is 43.1. The van der Waals surface area contributed by atoms with Crippen LogP contribution in [0.5, 0.6) is 40.2 Å². The lowest BCUT2D eigenvalue weighted by atomic mass is 9.75. The number of hydrogen-bond acceptors (Lipinski definition) is 11. The van der Waals surface area contributed by atoms with Crippen LogP contribution in [0.15, 0.2) is 158 Å². The number of fused-ring (bicyclic) bond motifs is 4. The summed E-state index contributed by atoms with van der Waals surface area (Å²) >= 11 is 3.52. The van der Waals surface area contributed by atoms with E-state index < -0.39 is 0 Å². The minimum atomic E-state index is -0.295. The van der Waals surface area contributed by atoms with Gasteiger partial charge in [-0.25, -0.2) is 0 Å². The quantitative estimate of drug-likeness (QED) is 0.0798. The zero-order chi connectivity index (χ0) is 65.4. The van der Waals surface area contributed by atoms with Crippen molar-refractivity contribution < 1.29 is 52.4 Å². The van der Waals surface area contributed by atoms with Crippen LogP contribution < -0.4 is 33.9 Å². The van der Waals surface area contributed by atoms with Crippen molar-refractivity contribution in [2.75, 3.05) is 39.6 Å². The third-order valence-corrected chi connectivity index (χ3v) is 16.4. The first kappa shape index (κ1) is 71.0. The smallest absolute Gasteiger partial charge is 0.495 e. The molecular weight excluding hydrogens is 1190 g/mol. The van der Waals surface area contributed by atoms with E-state index in [1.54, 1.807) is 42.5 Å². The molecule has 7 aromatic rings. The van der Waals surface area contributed by atoms with Gasteiger partial charge in [-0.1, -0.05) is 115 Å². The highest BCUT2D eigenvalue weighted by Gasteiger charge is 2.52. The van der Waals surface area contributed by atoms with Crippen LogP contribution in [-0.4, -0.2) is 75.6 Å². The number of ether oxygens (including phenoxy) is 6. The maximum Gasteiger partial charge on any atom is 0.495 e. The fraction of sp³-hybridized carbons (Fsp3) is 0.325. The Kier molecular flexibility index (Phi) is 27.4. The highest BCUT2D eigenvalue weighted by Crippen LogP contribution is 2.38. The third kappa shape index (κ3) is 21.0. The molecule has 12 rings (SSSR count). The zero-order valence-electron chi connectivity index (χ0n) is 54.6. The lowest BCUT2D eigenvalue weighted by Crippen LogP contribution is -2.41. The van der Waals surface area contributed by atoms with Crippen LogP contribution in [-0.2, 0) is 28.6 Å². The molecule has 0 atom stereocenters. The van der Waals surface area contributed by atoms with Crippen molar-refractivity contribution >= 4 is 53.2 Å². The van der Waals surface area contributed by atoms with Gasteiger partial charge in [0, 0.05) is 15.6 Å². The van der Waals surface area contributed by atoms with E-state index in [1.165, 1.54) is 61.0 Å². The number of aromatic hydroxyl groups is 1. The molecule has 90 heavy (non-hydrogen) atoms. The molecule has 0 aromatic heterocycles. The van der Waals surface area contributed by atoms with Gasteiger partial charge in [0.25, 0.3) is 0 Å². The van der Waals surface area contributed by atoms with E-state index in [-0.39, 0.29) is 24.1 Å². The van der Waals surface area contributed by atoms with E-state index >= 15 is 0 Å². The average molecular weight is 1280 g/mol. The van der Waals surface area contributed by atoms with E-state index in [0.717, 1.165) is 109 Å². The molecule has 0 radical (unpaired) electrons. The van der Waals surface area contributed by atoms with Crippen molar-refractivity contribution in [2.24, 2.45) is 0 Å². The normalized spacial score (nSPS) is 14.5. The van der Waals surface area contributed by atoms with E-state index in [9.17, 15) is 9.59 Å². The molecule has 1 saturated heterocycles. The second-order valence-corrected chi connectivity index (χ2v) is 24.5. The van der Waals surface area contributed by atoms with Crippen molar-refractivity contribution in [1.29, 1.82) is 0 Å². The molecule has 0 saturated carbocycles. The first-order valence-electron chi connectivity index (χ1n) is 30.8. The Morgan fingerprint density at radius 1 is 0.522 bits per heavy atom. The molecule has 0 amide bonds. The molecule has 7 aromatic carbocycles. The Morgan fingerprint density at radius 3 is 1.52 bits per heavy atom. The first-order valence-corrected chi connectivity index (χ1v) is 31.5. The topological polar surface area (TPSA) is 128 Å². The number of rotatable bonds is 10. The lowest BCUT2D eigenvalue weighted by molar-refractivity contribution is 0.00578. The number of hydrogen-bond donors (Lipinski definition) is 1. The molecule has 0 aliphatic carbocycles. The van der Waals surface area contributed by atoms with Crippen molar-refractivity contribution in [2.45, 2.75) is 126 Å². The van der Waals surface area contributed by atoms with E-state index in [1.807, 2.05) is 57.2 Å². The summed E-state index contributed by atoms with van der Waals surface area (Å²) in [6.07, 6.45) is 17.5. The number of carbonyl (C=O) groups is 2. The Morgan fingerprint density at radius 2 is 0.978 bits per heavy atom. The molecule has 13 heteroatoms. The van der Waals surface area contributed by atoms with Gasteiger partial charge in [0.15, 0.2) is 12.6 Å². The van der Waals surface area contributed by atoms with Gasteiger partial charge in [-0.3, -0.25) is 9.59 Å². The van der Waals surface area contributed by atoms with Crippen LogP contribution in [0.4, 0.5) is 0 Å². The summed E-state index contributed by atoms with van der Waals surface area (Å²) in [5.41, 5.74) is 15.8. The van der Waals surface area contributed by atoms with Crippen LogP contribution in [0.1, 0.15) is 134 Å². The van der Waals surface area contributed by atoms with Gasteiger partial charge in [0.05, 0.1) is 42.1 Å². The lowest BCUT2D eigenvalue weighted by Gasteiger charge is -2.32. The Balaban J connectivity index is 0.000000169. The van der Waals surface area contributed by atoms with Gasteiger partial charge >= 0.3 is 7.12 Å². The van der Waals surface area contributed by atoms with Crippen LogP contribution in [0.3, 0.4) is 0 Å². The molecule has 0 unspecified atom stereocenters. The number of carbonyl (C=O) groups excluding carboxylic acids is 2. The van der Waals surface area contributed by atoms with Gasteiger partial charge < -0.3 is 42.8 Å². The number of phenols is 1. The van der Waals surface area contributed by atoms with Crippen LogP contribution >= 0.6 is 15.9 Å². The van der Waals surface area contributed by atoms with E-state index in [0.29, 0.717) is 43.0 Å². The molecule has 5 aliphatic rings. The van der Waals surface area contributed by atoms with Crippen molar-refractivity contribution in [3.8, 4) is 40.2 Å². The minimum Gasteiger partial charge on any atom is -0.507 e. The van der Waals surface area contributed by atoms with E-state index in [4.69, 9.17) is 42.8 Å². The molecule has 1 fully saturated rings. The second-order valence-electron chi connectivity index (χ2n) is 23.6. The Bertz CT molecular complexity index is 3490. The summed E-state index contributed by atoms with van der Waals surface area (Å²) in [6.45, 7) is 37.6. The fourth-order valence-electron chi connectivity index (χ4n) is 9.73. The van der Waals surface area contributed by atoms with Crippen LogP contribution in [0, 0.1) is 48.5 Å². The molecule has 11 nitrogen and oxygen atoms in total. The predicted octanol–water partition coefficient (Wildman–Crippen LogP) is 17.5. The van der Waals surface area contributed by atoms with Crippen molar-refractivity contribution in [3.05, 3.63) is 236 Å². The van der Waals surface area contributed by atoms with Crippen molar-refractivity contribution in [1.82, 2.24) is 0 Å². The van der Waals surface area contributed by atoms with Crippen LogP contribution in [0.2, 0.25) is 0 Å². The molecule has 5 heterocycles. The largest absolute Gasteiger partial charge is 0.507 e. The SMILES string of the molecule is C=CCOc1cc(C)ccc1C=C.C=CCOc1cc(C)ccc1C=O.Cc1cc2c(cc1B1OC(C)(C)C(C)(C)O1)CCCO2.Cc1cc2c(cc1Br)CCCO2.Cc1ccc(C=O)c(O)c1.Cc1ccc2c(c1)OCC=C2.Cc1ccc2c(c1)OCCC2. The Hall–Kier alpha value is -8.10. The van der Waals surface area contributed by atoms with Gasteiger partial charge in [0.1, 0.15) is 60.1 Å². The Labute approximate surface area is 544 Å². The highest BCUT2D eigenvalue weighted by molar-refractivity contribution is 9.10. The number of halogens is 1. The van der Waals surface area contributed by atoms with Gasteiger partial charge in [-0.15, -0.1) is 0 Å². The summed E-state index contributed by atoms with van der Waals surface area (Å²) in [5.74, 6) is 5.74. The highest BCUT2D eigenvalue weighted by atomic mass is 79.9. The molecule has 474 valence electrons. The number of phenolic OH excluding ortho intramolecular Hbond substituents is 1. The number of benzene rings is 7. The van der Waals surface area contributed by atoms with Gasteiger partial charge in [-0.2, -0.15) is 0 Å². The summed E-state index contributed by atoms with van der Waals surface area (Å²) in [7, 11) is -0.285. The van der Waals surface area contributed by atoms with Crippen LogP contribution in [0.25, 0.3) is 12.2 Å². The number of aldehydes is 2. The molecular formula is C77H90BBrO11. The summed E-state index contributed by atoms with van der Waals surface area (Å²) in [5, 5.41) is 9.06. The third-order valence-electron chi connectivity index (χ3n) is 15.6. The molecule has 1 N–H and O–H groups in total. The number of aryl methyl sites for hydroxylation is 10. The van der Waals surface area contributed by atoms with Gasteiger partial charge in [-0.05, 0) is 243 Å². The zero-order valence-corrected chi connectivity index (χ0v) is 56.2. The average Bonchev–Trinajstić information content (AvgIpc) is 1.69. The minimum absolute atomic E-state index is 0.0509. The summed E-state index contributed by atoms with van der Waals surface area (Å²) < 4.78 is 46.5. The molecule has 5 aliphatic heterocycles. The molecule has 0 spiro atoms. The van der Waals surface area contributed by atoms with E-state index in [2.05, 4.69) is 158 Å².